The Kier molecular flexibility index (Phi) is 4.01. The fraction of sp³-hybridized carbons (Fsp3) is 0.409. The average Bonchev–Trinajstić information content (AvgIpc) is 3.38. The van der Waals surface area contributed by atoms with Gasteiger partial charge in [-0.1, -0.05) is 6.07 Å². The quantitative estimate of drug-likeness (QED) is 0.769. The van der Waals surface area contributed by atoms with E-state index in [4.69, 9.17) is 9.47 Å². The molecule has 6 rings (SSSR count). The molecular weight excluding hydrogens is 424 g/mol. The van der Waals surface area contributed by atoms with Crippen molar-refractivity contribution in [2.24, 2.45) is 11.8 Å². The maximum Gasteiger partial charge on any atom is 0.276 e. The van der Waals surface area contributed by atoms with Crippen molar-refractivity contribution < 1.29 is 27.8 Å². The zero-order chi connectivity index (χ0) is 22.3. The predicted octanol–water partition coefficient (Wildman–Crippen LogP) is 1.26. The van der Waals surface area contributed by atoms with Gasteiger partial charge in [-0.3, -0.25) is 14.4 Å². The first-order chi connectivity index (χ1) is 15.4. The summed E-state index contributed by atoms with van der Waals surface area (Å²) >= 11 is 0. The number of hydrogen-bond acceptors (Lipinski definition) is 5. The van der Waals surface area contributed by atoms with Gasteiger partial charge in [-0.15, -0.1) is 0 Å². The van der Waals surface area contributed by atoms with Gasteiger partial charge in [-0.2, -0.15) is 0 Å². The lowest BCUT2D eigenvalue weighted by molar-refractivity contribution is -0.0231. The second-order valence-corrected chi connectivity index (χ2v) is 8.65. The zero-order valence-electron chi connectivity index (χ0n) is 17.0. The average molecular weight is 443 g/mol. The molecule has 4 aliphatic rings. The summed E-state index contributed by atoms with van der Waals surface area (Å²) in [6.07, 6.45) is 1.96. The minimum Gasteiger partial charge on any atom is -0.491 e. The van der Waals surface area contributed by atoms with E-state index in [2.05, 4.69) is 5.32 Å². The predicted molar refractivity (Wildman–Crippen MR) is 105 cm³/mol. The van der Waals surface area contributed by atoms with Crippen molar-refractivity contribution in [3.05, 3.63) is 63.1 Å². The molecule has 2 aromatic rings. The van der Waals surface area contributed by atoms with Gasteiger partial charge in [-0.05, 0) is 24.3 Å². The Labute approximate surface area is 180 Å². The van der Waals surface area contributed by atoms with E-state index >= 15 is 0 Å². The summed E-state index contributed by atoms with van der Waals surface area (Å²) in [4.78, 5) is 40.7. The molecule has 2 aliphatic heterocycles. The number of fused-ring (bicyclic) bond motifs is 7. The molecular formula is C22H19F2N3O5. The molecule has 0 radical (unpaired) electrons. The number of benzene rings is 1. The third kappa shape index (κ3) is 2.59. The number of rotatable bonds is 4. The first-order valence-corrected chi connectivity index (χ1v) is 10.4. The highest BCUT2D eigenvalue weighted by molar-refractivity contribution is 5.99. The van der Waals surface area contributed by atoms with Crippen molar-refractivity contribution in [1.82, 2.24) is 14.8 Å². The van der Waals surface area contributed by atoms with Crippen LogP contribution in [-0.2, 0) is 17.8 Å². The highest BCUT2D eigenvalue weighted by Crippen LogP contribution is 2.63. The topological polar surface area (TPSA) is 89.9 Å². The van der Waals surface area contributed by atoms with Gasteiger partial charge in [0.1, 0.15) is 17.2 Å². The van der Waals surface area contributed by atoms with Crippen molar-refractivity contribution in [3.8, 4) is 5.75 Å². The number of halogens is 2. The summed E-state index contributed by atoms with van der Waals surface area (Å²) in [6, 6.07) is 3.06. The van der Waals surface area contributed by atoms with Gasteiger partial charge in [0.05, 0.1) is 25.8 Å². The number of pyridine rings is 1. The van der Waals surface area contributed by atoms with Crippen molar-refractivity contribution >= 4 is 11.8 Å². The molecule has 2 saturated carbocycles. The molecule has 3 heterocycles. The molecule has 32 heavy (non-hydrogen) atoms. The molecule has 1 saturated heterocycles. The second kappa shape index (κ2) is 6.61. The van der Waals surface area contributed by atoms with Crippen LogP contribution in [0.2, 0.25) is 0 Å². The largest absolute Gasteiger partial charge is 0.491 e. The Balaban J connectivity index is 1.31. The first-order valence-electron chi connectivity index (χ1n) is 10.4. The fourth-order valence-electron chi connectivity index (χ4n) is 5.32. The highest BCUT2D eigenvalue weighted by atomic mass is 19.1. The summed E-state index contributed by atoms with van der Waals surface area (Å²) in [5, 5.41) is 2.47. The Morgan fingerprint density at radius 3 is 2.84 bits per heavy atom. The number of aromatic nitrogens is 1. The molecule has 8 nitrogen and oxygen atoms in total. The molecule has 2 aliphatic carbocycles. The summed E-state index contributed by atoms with van der Waals surface area (Å²) in [5.41, 5.74) is -0.789. The molecule has 1 aromatic heterocycles. The van der Waals surface area contributed by atoms with Crippen LogP contribution in [0.15, 0.2) is 29.2 Å². The Bertz CT molecular complexity index is 1240. The molecule has 0 bridgehead atoms. The summed E-state index contributed by atoms with van der Waals surface area (Å²) in [7, 11) is 1.27. The van der Waals surface area contributed by atoms with Crippen molar-refractivity contribution in [2.75, 3.05) is 7.11 Å². The number of nitrogens with zero attached hydrogens (tertiary/aromatic N) is 2. The molecule has 166 valence electrons. The van der Waals surface area contributed by atoms with Crippen LogP contribution in [0, 0.1) is 23.5 Å². The van der Waals surface area contributed by atoms with Gasteiger partial charge >= 0.3 is 0 Å². The van der Waals surface area contributed by atoms with E-state index in [1.807, 2.05) is 0 Å². The van der Waals surface area contributed by atoms with Crippen LogP contribution in [0.3, 0.4) is 0 Å². The van der Waals surface area contributed by atoms with Gasteiger partial charge in [-0.25, -0.2) is 8.78 Å². The van der Waals surface area contributed by atoms with Gasteiger partial charge in [0.15, 0.2) is 17.7 Å². The minimum absolute atomic E-state index is 0.0370. The Hall–Kier alpha value is -3.27. The van der Waals surface area contributed by atoms with E-state index in [0.29, 0.717) is 17.9 Å². The Morgan fingerprint density at radius 2 is 2.09 bits per heavy atom. The van der Waals surface area contributed by atoms with Gasteiger partial charge < -0.3 is 24.3 Å². The molecule has 10 heteroatoms. The number of hydrogen-bond donors (Lipinski definition) is 1. The van der Waals surface area contributed by atoms with E-state index in [9.17, 15) is 23.2 Å². The van der Waals surface area contributed by atoms with Gasteiger partial charge in [0, 0.05) is 24.4 Å². The van der Waals surface area contributed by atoms with Crippen LogP contribution < -0.4 is 15.5 Å². The van der Waals surface area contributed by atoms with Gasteiger partial charge in [0.2, 0.25) is 5.43 Å². The van der Waals surface area contributed by atoms with Crippen LogP contribution >= 0.6 is 0 Å². The summed E-state index contributed by atoms with van der Waals surface area (Å²) < 4.78 is 39.8. The highest BCUT2D eigenvalue weighted by Gasteiger charge is 2.70. The van der Waals surface area contributed by atoms with Crippen molar-refractivity contribution in [2.45, 2.75) is 37.9 Å². The zero-order valence-corrected chi connectivity index (χ0v) is 17.0. The molecule has 2 amide bonds. The number of carbonyl (C=O) groups excluding carboxylic acids is 2. The summed E-state index contributed by atoms with van der Waals surface area (Å²) in [6.45, 7) is 0.0378. The van der Waals surface area contributed by atoms with Crippen LogP contribution in [-0.4, -0.2) is 46.8 Å². The monoisotopic (exact) mass is 443 g/mol. The smallest absolute Gasteiger partial charge is 0.276 e. The normalized spacial score (nSPS) is 28.8. The number of methoxy groups -OCH3 is 1. The lowest BCUT2D eigenvalue weighted by Crippen LogP contribution is -2.53. The third-order valence-electron chi connectivity index (χ3n) is 6.97. The minimum atomic E-state index is -0.804. The number of nitrogens with one attached hydrogen (secondary N) is 1. The van der Waals surface area contributed by atoms with E-state index in [1.165, 1.54) is 23.9 Å². The third-order valence-corrected chi connectivity index (χ3v) is 6.97. The van der Waals surface area contributed by atoms with E-state index in [-0.39, 0.29) is 53.7 Å². The van der Waals surface area contributed by atoms with E-state index in [0.717, 1.165) is 12.5 Å². The molecule has 2 unspecified atom stereocenters. The lowest BCUT2D eigenvalue weighted by Gasteiger charge is -2.37. The van der Waals surface area contributed by atoms with E-state index in [1.54, 1.807) is 4.90 Å². The standard InChI is InChI=1S/C22H19F2N3O5/c1-31-20-17-22(30)27-15(32-19-12-5-11(12)16(19)27)8-26(17)7-13(18(20)28)21(29)25-6-9-2-3-10(23)4-14(9)24/h2-4,7,11-12,15-16,19H,5-6,8H2,1H3,(H,25,29)/t11-,12+,15?,16?,19-/m1/s1. The molecule has 0 spiro atoms. The SMILES string of the molecule is COc1c2n(cc(C(=O)NCc3ccc(F)cc3F)c1=O)CC1O[C@H]3C([C@@H]4C[C@@H]43)N1C2=O. The molecule has 1 N–H and O–H groups in total. The molecule has 1 aromatic carbocycles. The van der Waals surface area contributed by atoms with Gasteiger partial charge in [0.25, 0.3) is 11.8 Å². The number of carbonyl (C=O) groups is 2. The van der Waals surface area contributed by atoms with Crippen molar-refractivity contribution in [1.29, 1.82) is 0 Å². The molecule has 5 atom stereocenters. The van der Waals surface area contributed by atoms with Crippen LogP contribution in [0.5, 0.6) is 5.75 Å². The second-order valence-electron chi connectivity index (χ2n) is 8.65. The number of ether oxygens (including phenoxy) is 2. The maximum atomic E-state index is 13.9. The summed E-state index contributed by atoms with van der Waals surface area (Å²) in [5.74, 6) is -1.85. The fourth-order valence-corrected chi connectivity index (χ4v) is 5.32. The number of amides is 2. The van der Waals surface area contributed by atoms with Crippen LogP contribution in [0.4, 0.5) is 8.78 Å². The maximum absolute atomic E-state index is 13.9. The van der Waals surface area contributed by atoms with E-state index < -0.39 is 29.2 Å². The van der Waals surface area contributed by atoms with Crippen LogP contribution in [0.25, 0.3) is 0 Å². The Morgan fingerprint density at radius 1 is 1.28 bits per heavy atom. The van der Waals surface area contributed by atoms with Crippen LogP contribution in [0.1, 0.15) is 32.8 Å². The first kappa shape index (κ1) is 19.4. The lowest BCUT2D eigenvalue weighted by atomic mass is 9.88. The van der Waals surface area contributed by atoms with Crippen molar-refractivity contribution in [3.63, 3.8) is 0 Å². The molecule has 3 fully saturated rings.